The zero-order valence-electron chi connectivity index (χ0n) is 16.3. The van der Waals surface area contributed by atoms with E-state index in [9.17, 15) is 9.59 Å². The minimum atomic E-state index is -0.972. The summed E-state index contributed by atoms with van der Waals surface area (Å²) in [5, 5.41) is 11.7. The van der Waals surface area contributed by atoms with Crippen molar-refractivity contribution in [3.63, 3.8) is 0 Å². The van der Waals surface area contributed by atoms with Gasteiger partial charge in [0.25, 0.3) is 5.91 Å². The summed E-state index contributed by atoms with van der Waals surface area (Å²) in [5.74, 6) is -0.786. The zero-order valence-corrected chi connectivity index (χ0v) is 16.3. The number of nitrogens with one attached hydrogen (secondary N) is 1. The first kappa shape index (κ1) is 19.1. The second kappa shape index (κ2) is 7.50. The molecule has 1 heterocycles. The third-order valence-corrected chi connectivity index (χ3v) is 5.20. The molecule has 7 heteroatoms. The summed E-state index contributed by atoms with van der Waals surface area (Å²) in [6.45, 7) is 5.75. The normalized spacial score (nSPS) is 16.0. The van der Waals surface area contributed by atoms with Crippen molar-refractivity contribution in [3.05, 3.63) is 40.7 Å². The fourth-order valence-electron chi connectivity index (χ4n) is 3.73. The highest BCUT2D eigenvalue weighted by atomic mass is 16.5. The van der Waals surface area contributed by atoms with E-state index in [0.717, 1.165) is 36.1 Å². The van der Waals surface area contributed by atoms with Gasteiger partial charge in [0.05, 0.1) is 18.5 Å². The van der Waals surface area contributed by atoms with Gasteiger partial charge in [0.2, 0.25) is 0 Å². The van der Waals surface area contributed by atoms with E-state index in [4.69, 9.17) is 4.74 Å². The van der Waals surface area contributed by atoms with Crippen LogP contribution in [0.2, 0.25) is 0 Å². The molecular weight excluding hydrogens is 344 g/mol. The molecule has 1 saturated carbocycles. The summed E-state index contributed by atoms with van der Waals surface area (Å²) >= 11 is 0. The molecule has 144 valence electrons. The molecule has 27 heavy (non-hydrogen) atoms. The molecule has 3 rings (SSSR count). The van der Waals surface area contributed by atoms with E-state index in [1.165, 1.54) is 11.9 Å². The Kier molecular flexibility index (Phi) is 5.30. The lowest BCUT2D eigenvalue weighted by atomic mass is 9.81. The number of aromatic nitrogens is 3. The van der Waals surface area contributed by atoms with Crippen LogP contribution in [0.15, 0.2) is 18.2 Å². The Morgan fingerprint density at radius 1 is 1.11 bits per heavy atom. The lowest BCUT2D eigenvalue weighted by molar-refractivity contribution is -0.149. The molecule has 0 spiro atoms. The van der Waals surface area contributed by atoms with Crippen molar-refractivity contribution in [1.29, 1.82) is 0 Å². The Balaban J connectivity index is 1.89. The Hall–Kier alpha value is -2.70. The number of nitrogens with zero attached hydrogens (tertiary/aromatic N) is 3. The number of hydrogen-bond acceptors (Lipinski definition) is 5. The lowest BCUT2D eigenvalue weighted by Crippen LogP contribution is -2.56. The van der Waals surface area contributed by atoms with Crippen LogP contribution < -0.4 is 5.32 Å². The van der Waals surface area contributed by atoms with Gasteiger partial charge in [0.1, 0.15) is 5.54 Å². The average molecular weight is 370 g/mol. The van der Waals surface area contributed by atoms with Crippen LogP contribution in [0.25, 0.3) is 5.69 Å². The van der Waals surface area contributed by atoms with Crippen LogP contribution in [0.3, 0.4) is 0 Å². The third-order valence-electron chi connectivity index (χ3n) is 5.20. The van der Waals surface area contributed by atoms with Crippen molar-refractivity contribution >= 4 is 11.9 Å². The van der Waals surface area contributed by atoms with Crippen molar-refractivity contribution < 1.29 is 14.3 Å². The smallest absolute Gasteiger partial charge is 0.331 e. The topological polar surface area (TPSA) is 86.1 Å². The maximum atomic E-state index is 12.9. The molecule has 2 aromatic rings. The summed E-state index contributed by atoms with van der Waals surface area (Å²) < 4.78 is 4.97. The van der Waals surface area contributed by atoms with Gasteiger partial charge in [-0.25, -0.2) is 4.79 Å². The number of hydrogen-bond donors (Lipinski definition) is 1. The molecule has 1 aliphatic carbocycles. The summed E-state index contributed by atoms with van der Waals surface area (Å²) in [4.78, 5) is 26.8. The zero-order chi connectivity index (χ0) is 19.6. The fraction of sp³-hybridized carbons (Fsp3) is 0.500. The summed E-state index contributed by atoms with van der Waals surface area (Å²) in [6.07, 6.45) is 3.97. The van der Waals surface area contributed by atoms with Gasteiger partial charge in [-0.3, -0.25) is 4.79 Å². The van der Waals surface area contributed by atoms with E-state index in [1.807, 2.05) is 32.0 Å². The molecule has 0 saturated heterocycles. The maximum absolute atomic E-state index is 12.9. The highest BCUT2D eigenvalue weighted by Crippen LogP contribution is 2.30. The first-order valence-electron chi connectivity index (χ1n) is 9.29. The number of benzene rings is 1. The number of carbonyl (C=O) groups is 2. The van der Waals surface area contributed by atoms with Crippen molar-refractivity contribution in [2.45, 2.75) is 58.4 Å². The van der Waals surface area contributed by atoms with Crippen molar-refractivity contribution in [3.8, 4) is 5.69 Å². The molecule has 0 bridgehead atoms. The third kappa shape index (κ3) is 3.72. The van der Waals surface area contributed by atoms with Gasteiger partial charge in [-0.05, 0) is 45.2 Å². The van der Waals surface area contributed by atoms with E-state index >= 15 is 0 Å². The van der Waals surface area contributed by atoms with Gasteiger partial charge in [0.15, 0.2) is 5.69 Å². The van der Waals surface area contributed by atoms with Gasteiger partial charge in [-0.1, -0.05) is 37.0 Å². The number of esters is 1. The van der Waals surface area contributed by atoms with Crippen LogP contribution in [-0.4, -0.2) is 39.5 Å². The fourth-order valence-corrected chi connectivity index (χ4v) is 3.73. The van der Waals surface area contributed by atoms with Gasteiger partial charge < -0.3 is 10.1 Å². The number of amides is 1. The van der Waals surface area contributed by atoms with Crippen LogP contribution >= 0.6 is 0 Å². The minimum absolute atomic E-state index is 0.226. The molecule has 1 aromatic carbocycles. The SMILES string of the molecule is COC(=O)C1(NC(=O)c2nn(-c3ccc(C)cc3C)nc2C)CCCCC1. The molecule has 0 atom stereocenters. The van der Waals surface area contributed by atoms with Crippen LogP contribution in [0.4, 0.5) is 0 Å². The van der Waals surface area contributed by atoms with Gasteiger partial charge in [0, 0.05) is 0 Å². The number of carbonyl (C=O) groups excluding carboxylic acids is 2. The number of ether oxygens (including phenoxy) is 1. The monoisotopic (exact) mass is 370 g/mol. The molecule has 0 unspecified atom stereocenters. The molecule has 7 nitrogen and oxygen atoms in total. The van der Waals surface area contributed by atoms with Crippen molar-refractivity contribution in [1.82, 2.24) is 20.3 Å². The molecule has 1 aromatic heterocycles. The van der Waals surface area contributed by atoms with E-state index in [1.54, 1.807) is 6.92 Å². The molecule has 1 N–H and O–H groups in total. The largest absolute Gasteiger partial charge is 0.467 e. The van der Waals surface area contributed by atoms with E-state index in [0.29, 0.717) is 18.5 Å². The second-order valence-corrected chi connectivity index (χ2v) is 7.30. The van der Waals surface area contributed by atoms with Crippen LogP contribution in [0.5, 0.6) is 0 Å². The summed E-state index contributed by atoms with van der Waals surface area (Å²) in [6, 6.07) is 5.96. The van der Waals surface area contributed by atoms with E-state index < -0.39 is 17.4 Å². The highest BCUT2D eigenvalue weighted by Gasteiger charge is 2.42. The van der Waals surface area contributed by atoms with Crippen LogP contribution in [-0.2, 0) is 9.53 Å². The predicted molar refractivity (Wildman–Crippen MR) is 101 cm³/mol. The van der Waals surface area contributed by atoms with Crippen molar-refractivity contribution in [2.75, 3.05) is 7.11 Å². The lowest BCUT2D eigenvalue weighted by Gasteiger charge is -2.34. The standard InChI is InChI=1S/C20H26N4O3/c1-13-8-9-16(14(2)12-13)24-22-15(3)17(23-24)18(25)21-20(19(26)27-4)10-6-5-7-11-20/h8-9,12H,5-7,10-11H2,1-4H3,(H,21,25). The molecule has 0 radical (unpaired) electrons. The first-order valence-corrected chi connectivity index (χ1v) is 9.29. The maximum Gasteiger partial charge on any atom is 0.331 e. The molecule has 1 amide bonds. The summed E-state index contributed by atoms with van der Waals surface area (Å²) in [7, 11) is 1.35. The molecule has 1 aliphatic rings. The summed E-state index contributed by atoms with van der Waals surface area (Å²) in [5.41, 5.74) is 2.76. The number of methoxy groups -OCH3 is 1. The van der Waals surface area contributed by atoms with Crippen molar-refractivity contribution in [2.24, 2.45) is 0 Å². The highest BCUT2D eigenvalue weighted by molar-refractivity contribution is 5.97. The van der Waals surface area contributed by atoms with E-state index in [-0.39, 0.29) is 5.69 Å². The second-order valence-electron chi connectivity index (χ2n) is 7.30. The van der Waals surface area contributed by atoms with Crippen LogP contribution in [0, 0.1) is 20.8 Å². The van der Waals surface area contributed by atoms with Gasteiger partial charge >= 0.3 is 5.97 Å². The molecular formula is C20H26N4O3. The van der Waals surface area contributed by atoms with Crippen LogP contribution in [0.1, 0.15) is 59.4 Å². The van der Waals surface area contributed by atoms with E-state index in [2.05, 4.69) is 15.5 Å². The molecule has 1 fully saturated rings. The number of aryl methyl sites for hydroxylation is 3. The Labute approximate surface area is 159 Å². The number of rotatable bonds is 4. The predicted octanol–water partition coefficient (Wildman–Crippen LogP) is 2.80. The quantitative estimate of drug-likeness (QED) is 0.837. The minimum Gasteiger partial charge on any atom is -0.467 e. The Bertz CT molecular complexity index is 866. The first-order chi connectivity index (χ1) is 12.9. The Morgan fingerprint density at radius 3 is 2.44 bits per heavy atom. The Morgan fingerprint density at radius 2 is 1.81 bits per heavy atom. The average Bonchev–Trinajstić information content (AvgIpc) is 3.03. The molecule has 0 aliphatic heterocycles. The van der Waals surface area contributed by atoms with Gasteiger partial charge in [-0.2, -0.15) is 9.90 Å². The van der Waals surface area contributed by atoms with Gasteiger partial charge in [-0.15, -0.1) is 5.10 Å².